The van der Waals surface area contributed by atoms with E-state index in [0.717, 1.165) is 6.07 Å². The van der Waals surface area contributed by atoms with Gasteiger partial charge in [-0.3, -0.25) is 9.59 Å². The lowest BCUT2D eigenvalue weighted by Crippen LogP contribution is -2.21. The Hall–Kier alpha value is -4.40. The first-order chi connectivity index (χ1) is 17.7. The van der Waals surface area contributed by atoms with Crippen molar-refractivity contribution in [2.24, 2.45) is 5.92 Å². The van der Waals surface area contributed by atoms with Crippen LogP contribution in [-0.4, -0.2) is 30.0 Å². The van der Waals surface area contributed by atoms with E-state index in [4.69, 9.17) is 4.74 Å². The zero-order valence-electron chi connectivity index (χ0n) is 19.3. The summed E-state index contributed by atoms with van der Waals surface area (Å²) in [6.45, 7) is 0.297. The fraction of sp³-hybridized carbons (Fsp3) is 0.179. The Morgan fingerprint density at radius 1 is 0.946 bits per heavy atom. The Morgan fingerprint density at radius 3 is 2.43 bits per heavy atom. The molecule has 2 N–H and O–H groups in total. The SMILES string of the molecule is O=C(OC[C@H]1CNC(=O)[C@H]1c1ccc2cc(-c3ccccc3C(F)(F)F)[nH]c(=O)c2c1)c1ccccc1. The Morgan fingerprint density at radius 2 is 1.68 bits per heavy atom. The van der Waals surface area contributed by atoms with Crippen molar-refractivity contribution in [2.45, 2.75) is 12.1 Å². The summed E-state index contributed by atoms with van der Waals surface area (Å²) in [4.78, 5) is 40.5. The largest absolute Gasteiger partial charge is 0.462 e. The van der Waals surface area contributed by atoms with Crippen LogP contribution in [-0.2, 0) is 15.7 Å². The number of aromatic nitrogens is 1. The first-order valence-electron chi connectivity index (χ1n) is 11.6. The fourth-order valence-electron chi connectivity index (χ4n) is 4.67. The molecule has 0 spiro atoms. The molecule has 1 amide bonds. The zero-order valence-corrected chi connectivity index (χ0v) is 19.3. The minimum absolute atomic E-state index is 0.00130. The monoisotopic (exact) mass is 506 g/mol. The number of pyridine rings is 1. The van der Waals surface area contributed by atoms with Crippen molar-refractivity contribution in [3.8, 4) is 11.3 Å². The standard InChI is InChI=1S/C28H21F3N2O4/c29-28(30,31)22-9-5-4-8-20(22)23-13-17-10-11-18(12-21(17)25(34)33-23)24-19(14-32-26(24)35)15-37-27(36)16-6-2-1-3-7-16/h1-13,19,24H,14-15H2,(H,32,35)(H,33,34)/t19-,24+/m1/s1. The van der Waals surface area contributed by atoms with Crippen LogP contribution in [0, 0.1) is 5.92 Å². The van der Waals surface area contributed by atoms with Gasteiger partial charge in [-0.2, -0.15) is 13.2 Å². The quantitative estimate of drug-likeness (QED) is 0.377. The number of amides is 1. The summed E-state index contributed by atoms with van der Waals surface area (Å²) in [5, 5.41) is 3.45. The van der Waals surface area contributed by atoms with Gasteiger partial charge in [0.05, 0.1) is 23.7 Å². The number of H-pyrrole nitrogens is 1. The number of rotatable bonds is 5. The number of halogens is 3. The third kappa shape index (κ3) is 4.84. The first-order valence-corrected chi connectivity index (χ1v) is 11.6. The lowest BCUT2D eigenvalue weighted by Gasteiger charge is -2.18. The van der Waals surface area contributed by atoms with Crippen LogP contribution in [0.15, 0.2) is 83.7 Å². The number of aromatic amines is 1. The van der Waals surface area contributed by atoms with Crippen LogP contribution in [0.2, 0.25) is 0 Å². The molecule has 6 nitrogen and oxygen atoms in total. The van der Waals surface area contributed by atoms with Crippen molar-refractivity contribution in [3.05, 3.63) is 106 Å². The van der Waals surface area contributed by atoms with E-state index in [0.29, 0.717) is 23.1 Å². The highest BCUT2D eigenvalue weighted by molar-refractivity contribution is 5.91. The van der Waals surface area contributed by atoms with E-state index in [9.17, 15) is 27.6 Å². The minimum atomic E-state index is -4.58. The molecular formula is C28H21F3N2O4. The van der Waals surface area contributed by atoms with Crippen LogP contribution in [0.4, 0.5) is 13.2 Å². The summed E-state index contributed by atoms with van der Waals surface area (Å²) in [5.41, 5.74) is -0.557. The number of carbonyl (C=O) groups excluding carboxylic acids is 2. The average Bonchev–Trinajstić information content (AvgIpc) is 3.27. The van der Waals surface area contributed by atoms with E-state index in [1.165, 1.54) is 24.3 Å². The molecule has 0 radical (unpaired) electrons. The molecule has 188 valence electrons. The van der Waals surface area contributed by atoms with E-state index in [2.05, 4.69) is 10.3 Å². The van der Waals surface area contributed by atoms with E-state index in [1.54, 1.807) is 48.5 Å². The molecule has 3 aromatic carbocycles. The van der Waals surface area contributed by atoms with Crippen molar-refractivity contribution in [1.82, 2.24) is 10.3 Å². The summed E-state index contributed by atoms with van der Waals surface area (Å²) in [6, 6.07) is 19.9. The maximum Gasteiger partial charge on any atom is 0.417 e. The molecule has 5 rings (SSSR count). The van der Waals surface area contributed by atoms with Gasteiger partial charge in [-0.25, -0.2) is 4.79 Å². The molecule has 4 aromatic rings. The van der Waals surface area contributed by atoms with Gasteiger partial charge >= 0.3 is 12.1 Å². The van der Waals surface area contributed by atoms with Crippen molar-refractivity contribution in [1.29, 1.82) is 0 Å². The van der Waals surface area contributed by atoms with Crippen LogP contribution in [0.25, 0.3) is 22.0 Å². The number of carbonyl (C=O) groups is 2. The van der Waals surface area contributed by atoms with E-state index in [-0.39, 0.29) is 35.1 Å². The number of hydrogen-bond acceptors (Lipinski definition) is 4. The summed E-state index contributed by atoms with van der Waals surface area (Å²) in [6.07, 6.45) is -4.58. The molecule has 1 saturated heterocycles. The van der Waals surface area contributed by atoms with E-state index < -0.39 is 29.2 Å². The van der Waals surface area contributed by atoms with Crippen molar-refractivity contribution in [2.75, 3.05) is 13.2 Å². The number of esters is 1. The lowest BCUT2D eigenvalue weighted by atomic mass is 9.87. The minimum Gasteiger partial charge on any atom is -0.462 e. The van der Waals surface area contributed by atoms with E-state index in [1.807, 2.05) is 0 Å². The fourth-order valence-corrected chi connectivity index (χ4v) is 4.67. The third-order valence-electron chi connectivity index (χ3n) is 6.48. The molecule has 2 heterocycles. The van der Waals surface area contributed by atoms with Gasteiger partial charge in [-0.05, 0) is 41.3 Å². The van der Waals surface area contributed by atoms with Crippen LogP contribution >= 0.6 is 0 Å². The van der Waals surface area contributed by atoms with Gasteiger partial charge in [0.15, 0.2) is 0 Å². The zero-order chi connectivity index (χ0) is 26.2. The van der Waals surface area contributed by atoms with Gasteiger partial charge < -0.3 is 15.0 Å². The molecule has 0 unspecified atom stereocenters. The van der Waals surface area contributed by atoms with Gasteiger partial charge in [0.1, 0.15) is 0 Å². The second-order valence-corrected chi connectivity index (χ2v) is 8.85. The molecule has 37 heavy (non-hydrogen) atoms. The molecule has 1 aliphatic heterocycles. The average molecular weight is 506 g/mol. The van der Waals surface area contributed by atoms with Gasteiger partial charge in [-0.1, -0.05) is 48.5 Å². The first kappa shape index (κ1) is 24.3. The number of benzene rings is 3. The lowest BCUT2D eigenvalue weighted by molar-refractivity contribution is -0.137. The molecule has 0 bridgehead atoms. The number of ether oxygens (including phenoxy) is 1. The molecule has 0 aliphatic carbocycles. The van der Waals surface area contributed by atoms with Crippen molar-refractivity contribution < 1.29 is 27.5 Å². The summed E-state index contributed by atoms with van der Waals surface area (Å²) >= 11 is 0. The molecule has 1 aliphatic rings. The normalized spacial score (nSPS) is 17.5. The van der Waals surface area contributed by atoms with Crippen molar-refractivity contribution in [3.63, 3.8) is 0 Å². The predicted octanol–water partition coefficient (Wildman–Crippen LogP) is 4.90. The van der Waals surface area contributed by atoms with Crippen molar-refractivity contribution >= 4 is 22.6 Å². The molecular weight excluding hydrogens is 485 g/mol. The van der Waals surface area contributed by atoms with Crippen LogP contribution < -0.4 is 10.9 Å². The third-order valence-corrected chi connectivity index (χ3v) is 6.48. The maximum atomic E-state index is 13.5. The second-order valence-electron chi connectivity index (χ2n) is 8.85. The van der Waals surface area contributed by atoms with Crippen LogP contribution in [0.5, 0.6) is 0 Å². The molecule has 9 heteroatoms. The maximum absolute atomic E-state index is 13.5. The Kier molecular flexibility index (Phi) is 6.29. The summed E-state index contributed by atoms with van der Waals surface area (Å²) in [5.74, 6) is -1.76. The predicted molar refractivity (Wildman–Crippen MR) is 131 cm³/mol. The smallest absolute Gasteiger partial charge is 0.417 e. The van der Waals surface area contributed by atoms with E-state index >= 15 is 0 Å². The van der Waals surface area contributed by atoms with Gasteiger partial charge in [0.2, 0.25) is 5.91 Å². The number of fused-ring (bicyclic) bond motifs is 1. The number of nitrogens with one attached hydrogen (secondary N) is 2. The highest BCUT2D eigenvalue weighted by Crippen LogP contribution is 2.37. The summed E-state index contributed by atoms with van der Waals surface area (Å²) in [7, 11) is 0. The summed E-state index contributed by atoms with van der Waals surface area (Å²) < 4.78 is 45.9. The Labute approximate surface area is 209 Å². The molecule has 2 atom stereocenters. The number of hydrogen-bond donors (Lipinski definition) is 2. The highest BCUT2D eigenvalue weighted by Gasteiger charge is 2.37. The topological polar surface area (TPSA) is 88.3 Å². The van der Waals surface area contributed by atoms with Crippen LogP contribution in [0.1, 0.15) is 27.4 Å². The van der Waals surface area contributed by atoms with Gasteiger partial charge in [-0.15, -0.1) is 0 Å². The number of alkyl halides is 3. The molecule has 0 saturated carbocycles. The molecule has 1 aromatic heterocycles. The van der Waals surface area contributed by atoms with Crippen LogP contribution in [0.3, 0.4) is 0 Å². The van der Waals surface area contributed by atoms with Gasteiger partial charge in [0.25, 0.3) is 5.56 Å². The Bertz CT molecular complexity index is 1550. The van der Waals surface area contributed by atoms with Gasteiger partial charge in [0, 0.05) is 29.1 Å². The Balaban J connectivity index is 1.44. The second kappa shape index (κ2) is 9.57. The highest BCUT2D eigenvalue weighted by atomic mass is 19.4. The molecule has 1 fully saturated rings.